The van der Waals surface area contributed by atoms with E-state index in [0.717, 1.165) is 14.7 Å². The number of nitrogens with one attached hydrogen (secondary N) is 1. The van der Waals surface area contributed by atoms with Gasteiger partial charge in [0.15, 0.2) is 18.1 Å². The highest BCUT2D eigenvalue weighted by atomic mass is 127. The predicted molar refractivity (Wildman–Crippen MR) is 146 cm³/mol. The Hall–Kier alpha value is -3.66. The molecular formula is C27H24IN3O4. The lowest BCUT2D eigenvalue weighted by Gasteiger charge is -2.14. The Morgan fingerprint density at radius 2 is 1.80 bits per heavy atom. The number of aryl methyl sites for hydroxylation is 1. The van der Waals surface area contributed by atoms with Gasteiger partial charge in [-0.3, -0.25) is 9.59 Å². The zero-order chi connectivity index (χ0) is 24.9. The monoisotopic (exact) mass is 581 g/mol. The van der Waals surface area contributed by atoms with Gasteiger partial charge in [0.25, 0.3) is 11.8 Å². The fourth-order valence-electron chi connectivity index (χ4n) is 3.53. The van der Waals surface area contributed by atoms with E-state index in [4.69, 9.17) is 9.47 Å². The number of anilines is 2. The van der Waals surface area contributed by atoms with E-state index < -0.39 is 0 Å². The number of hydrazone groups is 1. The average molecular weight is 581 g/mol. The second-order valence-corrected chi connectivity index (χ2v) is 9.10. The van der Waals surface area contributed by atoms with Crippen LogP contribution in [0.4, 0.5) is 11.4 Å². The molecule has 1 aliphatic rings. The number of ether oxygens (including phenoxy) is 2. The summed E-state index contributed by atoms with van der Waals surface area (Å²) in [6, 6.07) is 20.5. The van der Waals surface area contributed by atoms with Crippen LogP contribution in [-0.2, 0) is 9.59 Å². The van der Waals surface area contributed by atoms with E-state index in [2.05, 4.69) is 33.0 Å². The molecule has 0 fully saturated rings. The summed E-state index contributed by atoms with van der Waals surface area (Å²) in [5, 5.41) is 8.63. The summed E-state index contributed by atoms with van der Waals surface area (Å²) >= 11 is 2.13. The first-order valence-corrected chi connectivity index (χ1v) is 12.0. The molecule has 0 bridgehead atoms. The van der Waals surface area contributed by atoms with Gasteiger partial charge in [-0.1, -0.05) is 35.9 Å². The Labute approximate surface area is 217 Å². The number of methoxy groups -OCH3 is 1. The predicted octanol–water partition coefficient (Wildman–Crippen LogP) is 5.43. The first kappa shape index (κ1) is 24.5. The van der Waals surface area contributed by atoms with Gasteiger partial charge >= 0.3 is 0 Å². The minimum atomic E-state index is -0.276. The maximum Gasteiger partial charge on any atom is 0.280 e. The molecular weight excluding hydrogens is 557 g/mol. The van der Waals surface area contributed by atoms with Crippen LogP contribution in [0.2, 0.25) is 0 Å². The summed E-state index contributed by atoms with van der Waals surface area (Å²) in [6.07, 6.45) is 1.78. The second kappa shape index (κ2) is 10.7. The lowest BCUT2D eigenvalue weighted by Crippen LogP contribution is -2.21. The van der Waals surface area contributed by atoms with Crippen LogP contribution in [0.5, 0.6) is 11.5 Å². The Morgan fingerprint density at radius 1 is 1.09 bits per heavy atom. The fourth-order valence-corrected chi connectivity index (χ4v) is 4.31. The van der Waals surface area contributed by atoms with Crippen LogP contribution in [0.25, 0.3) is 6.08 Å². The van der Waals surface area contributed by atoms with E-state index in [9.17, 15) is 9.59 Å². The third kappa shape index (κ3) is 5.71. The molecule has 1 heterocycles. The highest BCUT2D eigenvalue weighted by Gasteiger charge is 2.28. The third-order valence-corrected chi connectivity index (χ3v) is 6.11. The van der Waals surface area contributed by atoms with Crippen molar-refractivity contribution in [1.82, 2.24) is 0 Å². The molecule has 0 saturated heterocycles. The minimum absolute atomic E-state index is 0.170. The smallest absolute Gasteiger partial charge is 0.280 e. The van der Waals surface area contributed by atoms with E-state index in [1.54, 1.807) is 19.1 Å². The third-order valence-electron chi connectivity index (χ3n) is 5.31. The maximum atomic E-state index is 13.0. The van der Waals surface area contributed by atoms with Gasteiger partial charge in [-0.15, -0.1) is 0 Å². The van der Waals surface area contributed by atoms with Crippen molar-refractivity contribution in [3.63, 3.8) is 0 Å². The van der Waals surface area contributed by atoms with Crippen LogP contribution < -0.4 is 19.8 Å². The minimum Gasteiger partial charge on any atom is -0.493 e. The number of nitrogens with zero attached hydrogens (tertiary/aromatic N) is 2. The van der Waals surface area contributed by atoms with Crippen LogP contribution in [0.1, 0.15) is 18.1 Å². The number of carbonyl (C=O) groups excluding carboxylic acids is 2. The molecule has 0 atom stereocenters. The number of carbonyl (C=O) groups is 2. The topological polar surface area (TPSA) is 80.2 Å². The summed E-state index contributed by atoms with van der Waals surface area (Å²) in [7, 11) is 1.53. The lowest BCUT2D eigenvalue weighted by molar-refractivity contribution is -0.118. The number of amides is 2. The molecule has 3 aromatic carbocycles. The number of rotatable bonds is 7. The van der Waals surface area contributed by atoms with Crippen molar-refractivity contribution in [2.24, 2.45) is 5.10 Å². The van der Waals surface area contributed by atoms with E-state index in [-0.39, 0.29) is 18.4 Å². The van der Waals surface area contributed by atoms with Gasteiger partial charge in [0.1, 0.15) is 0 Å². The van der Waals surface area contributed by atoms with Gasteiger partial charge in [0.2, 0.25) is 0 Å². The summed E-state index contributed by atoms with van der Waals surface area (Å²) in [5.74, 6) is 0.452. The van der Waals surface area contributed by atoms with Gasteiger partial charge in [0, 0.05) is 5.69 Å². The summed E-state index contributed by atoms with van der Waals surface area (Å²) in [6.45, 7) is 3.62. The lowest BCUT2D eigenvalue weighted by atomic mass is 10.1. The standard InChI is InChI=1S/C27H24IN3O4/c1-17-9-11-20(12-10-17)29-25(32)16-35-26-23(28)14-19(15-24(26)34-3)13-22-18(2)30-31(27(22)33)21-7-5-4-6-8-21/h4-15H,16H2,1-3H3,(H,29,32)/b22-13+. The van der Waals surface area contributed by atoms with Crippen molar-refractivity contribution in [2.45, 2.75) is 13.8 Å². The molecule has 4 rings (SSSR count). The molecule has 0 aromatic heterocycles. The van der Waals surface area contributed by atoms with Gasteiger partial charge < -0.3 is 14.8 Å². The van der Waals surface area contributed by atoms with Crippen LogP contribution >= 0.6 is 22.6 Å². The van der Waals surface area contributed by atoms with Gasteiger partial charge in [-0.05, 0) is 84.5 Å². The molecule has 0 unspecified atom stereocenters. The molecule has 0 aliphatic carbocycles. The molecule has 7 nitrogen and oxygen atoms in total. The zero-order valence-corrected chi connectivity index (χ0v) is 21.7. The van der Waals surface area contributed by atoms with Crippen LogP contribution in [0.15, 0.2) is 77.4 Å². The van der Waals surface area contributed by atoms with Gasteiger partial charge in [-0.2, -0.15) is 10.1 Å². The first-order valence-electron chi connectivity index (χ1n) is 10.9. The van der Waals surface area contributed by atoms with Crippen LogP contribution in [0.3, 0.4) is 0 Å². The SMILES string of the molecule is COc1cc(/C=C2/C(=O)N(c3ccccc3)N=C2C)cc(I)c1OCC(=O)Nc1ccc(C)cc1. The summed E-state index contributed by atoms with van der Waals surface area (Å²) in [4.78, 5) is 25.4. The number of halogens is 1. The van der Waals surface area contributed by atoms with Crippen molar-refractivity contribution >= 4 is 57.6 Å². The molecule has 0 saturated carbocycles. The molecule has 8 heteroatoms. The molecule has 3 aromatic rings. The molecule has 2 amide bonds. The zero-order valence-electron chi connectivity index (χ0n) is 19.5. The quantitative estimate of drug-likeness (QED) is 0.298. The van der Waals surface area contributed by atoms with Crippen molar-refractivity contribution in [2.75, 3.05) is 24.0 Å². The van der Waals surface area contributed by atoms with E-state index in [1.165, 1.54) is 12.1 Å². The first-order chi connectivity index (χ1) is 16.9. The van der Waals surface area contributed by atoms with E-state index >= 15 is 0 Å². The van der Waals surface area contributed by atoms with E-state index in [0.29, 0.717) is 34.2 Å². The number of hydrogen-bond donors (Lipinski definition) is 1. The van der Waals surface area contributed by atoms with E-state index in [1.807, 2.05) is 67.6 Å². The van der Waals surface area contributed by atoms with Gasteiger partial charge in [0.05, 0.1) is 27.7 Å². The molecule has 35 heavy (non-hydrogen) atoms. The fraction of sp³-hybridized carbons (Fsp3) is 0.148. The largest absolute Gasteiger partial charge is 0.493 e. The van der Waals surface area contributed by atoms with Gasteiger partial charge in [-0.25, -0.2) is 0 Å². The molecule has 178 valence electrons. The van der Waals surface area contributed by atoms with Crippen molar-refractivity contribution in [1.29, 1.82) is 0 Å². The molecule has 1 N–H and O–H groups in total. The Balaban J connectivity index is 1.50. The maximum absolute atomic E-state index is 13.0. The second-order valence-electron chi connectivity index (χ2n) is 7.93. The number of para-hydroxylation sites is 1. The Kier molecular flexibility index (Phi) is 7.50. The summed E-state index contributed by atoms with van der Waals surface area (Å²) < 4.78 is 12.1. The molecule has 1 aliphatic heterocycles. The number of benzene rings is 3. The Morgan fingerprint density at radius 3 is 2.49 bits per heavy atom. The van der Waals surface area contributed by atoms with Crippen molar-refractivity contribution < 1.29 is 19.1 Å². The van der Waals surface area contributed by atoms with Crippen molar-refractivity contribution in [3.8, 4) is 11.5 Å². The van der Waals surface area contributed by atoms with Crippen LogP contribution in [-0.4, -0.2) is 31.2 Å². The molecule has 0 radical (unpaired) electrons. The average Bonchev–Trinajstić information content (AvgIpc) is 3.13. The highest BCUT2D eigenvalue weighted by Crippen LogP contribution is 2.35. The Bertz CT molecular complexity index is 1320. The van der Waals surface area contributed by atoms with Crippen molar-refractivity contribution in [3.05, 3.63) is 87.0 Å². The summed E-state index contributed by atoms with van der Waals surface area (Å²) in [5.41, 5.74) is 4.41. The number of hydrogen-bond acceptors (Lipinski definition) is 5. The normalized spacial score (nSPS) is 14.2. The molecule has 0 spiro atoms. The highest BCUT2D eigenvalue weighted by molar-refractivity contribution is 14.1. The van der Waals surface area contributed by atoms with Crippen LogP contribution in [0, 0.1) is 10.5 Å².